The zero-order valence-electron chi connectivity index (χ0n) is 13.6. The van der Waals surface area contributed by atoms with Crippen LogP contribution < -0.4 is 10.6 Å². The Morgan fingerprint density at radius 2 is 1.81 bits per heavy atom. The predicted molar refractivity (Wildman–Crippen MR) is 101 cm³/mol. The van der Waals surface area contributed by atoms with Crippen molar-refractivity contribution in [3.8, 4) is 5.75 Å². The summed E-state index contributed by atoms with van der Waals surface area (Å²) in [6.07, 6.45) is 0. The highest BCUT2D eigenvalue weighted by molar-refractivity contribution is 6.30. The summed E-state index contributed by atoms with van der Waals surface area (Å²) in [6, 6.07) is 18.0. The lowest BCUT2D eigenvalue weighted by atomic mass is 10.3. The van der Waals surface area contributed by atoms with Crippen LogP contribution in [-0.2, 0) is 6.54 Å². The number of phenolic OH excluding ortho intramolecular Hbond substituents is 1. The molecule has 0 aliphatic heterocycles. The van der Waals surface area contributed by atoms with Crippen molar-refractivity contribution in [1.29, 1.82) is 0 Å². The molecular formula is C18H15ClN6O. The predicted octanol–water partition coefficient (Wildman–Crippen LogP) is 3.84. The number of hydrogen-bond acceptors (Lipinski definition) is 6. The van der Waals surface area contributed by atoms with Crippen LogP contribution in [0.2, 0.25) is 5.02 Å². The van der Waals surface area contributed by atoms with Crippen molar-refractivity contribution in [1.82, 2.24) is 19.8 Å². The molecule has 0 aliphatic rings. The van der Waals surface area contributed by atoms with Crippen LogP contribution in [0.3, 0.4) is 0 Å². The second-order valence-corrected chi connectivity index (χ2v) is 6.08. The summed E-state index contributed by atoms with van der Waals surface area (Å²) >= 11 is 6.01. The Hall–Kier alpha value is -3.32. The van der Waals surface area contributed by atoms with Gasteiger partial charge in [-0.15, -0.1) is 15.3 Å². The number of nitrogens with one attached hydrogen (secondary N) is 2. The molecule has 0 unspecified atom stereocenters. The number of halogens is 1. The van der Waals surface area contributed by atoms with E-state index in [0.717, 1.165) is 11.4 Å². The fraction of sp³-hybridized carbons (Fsp3) is 0.0556. The Balaban J connectivity index is 1.56. The molecule has 0 amide bonds. The molecule has 2 aromatic heterocycles. The molecule has 7 nitrogen and oxygen atoms in total. The number of phenols is 1. The Morgan fingerprint density at radius 1 is 0.962 bits per heavy atom. The summed E-state index contributed by atoms with van der Waals surface area (Å²) < 4.78 is 1.67. The van der Waals surface area contributed by atoms with Crippen molar-refractivity contribution in [3.05, 3.63) is 71.5 Å². The van der Waals surface area contributed by atoms with E-state index in [1.54, 1.807) is 22.7 Å². The smallest absolute Gasteiger partial charge is 0.178 e. The van der Waals surface area contributed by atoms with Crippen molar-refractivity contribution >= 4 is 34.4 Å². The normalized spacial score (nSPS) is 10.8. The quantitative estimate of drug-likeness (QED) is 0.497. The van der Waals surface area contributed by atoms with Gasteiger partial charge in [-0.3, -0.25) is 0 Å². The molecule has 4 rings (SSSR count). The third-order valence-electron chi connectivity index (χ3n) is 3.72. The summed E-state index contributed by atoms with van der Waals surface area (Å²) in [5.74, 6) is 1.50. The first-order valence-electron chi connectivity index (χ1n) is 7.94. The first-order chi connectivity index (χ1) is 12.7. The minimum atomic E-state index is 0.201. The van der Waals surface area contributed by atoms with Crippen LogP contribution >= 0.6 is 11.6 Å². The van der Waals surface area contributed by atoms with E-state index in [0.29, 0.717) is 28.9 Å². The molecule has 0 fully saturated rings. The molecule has 2 aromatic carbocycles. The molecule has 26 heavy (non-hydrogen) atoms. The number of aromatic hydroxyl groups is 1. The first kappa shape index (κ1) is 16.2. The van der Waals surface area contributed by atoms with Crippen molar-refractivity contribution in [2.24, 2.45) is 0 Å². The molecule has 0 radical (unpaired) electrons. The zero-order valence-corrected chi connectivity index (χ0v) is 14.4. The number of aromatic nitrogens is 4. The second-order valence-electron chi connectivity index (χ2n) is 5.64. The Labute approximate surface area is 154 Å². The standard InChI is InChI=1S/C18H15ClN6O/c19-12-3-1-5-14(9-12)21-16-7-8-17-22-23-18(25(17)24-16)11-20-13-4-2-6-15(26)10-13/h1-10,20,26H,11H2,(H,21,24). The molecule has 0 saturated heterocycles. The molecule has 130 valence electrons. The molecule has 3 N–H and O–H groups in total. The molecule has 2 heterocycles. The van der Waals surface area contributed by atoms with E-state index in [-0.39, 0.29) is 5.75 Å². The fourth-order valence-corrected chi connectivity index (χ4v) is 2.71. The van der Waals surface area contributed by atoms with Gasteiger partial charge < -0.3 is 15.7 Å². The van der Waals surface area contributed by atoms with E-state index in [1.807, 2.05) is 42.5 Å². The van der Waals surface area contributed by atoms with Gasteiger partial charge in [0.2, 0.25) is 0 Å². The van der Waals surface area contributed by atoms with Crippen molar-refractivity contribution < 1.29 is 5.11 Å². The molecule has 0 spiro atoms. The van der Waals surface area contributed by atoms with Crippen LogP contribution in [0.25, 0.3) is 5.65 Å². The van der Waals surface area contributed by atoms with E-state index in [9.17, 15) is 5.11 Å². The van der Waals surface area contributed by atoms with Crippen molar-refractivity contribution in [2.45, 2.75) is 6.54 Å². The maximum absolute atomic E-state index is 9.53. The zero-order chi connectivity index (χ0) is 17.9. The van der Waals surface area contributed by atoms with Crippen LogP contribution in [0, 0.1) is 0 Å². The highest BCUT2D eigenvalue weighted by Gasteiger charge is 2.08. The number of rotatable bonds is 5. The van der Waals surface area contributed by atoms with E-state index in [4.69, 9.17) is 11.6 Å². The average molecular weight is 367 g/mol. The average Bonchev–Trinajstić information content (AvgIpc) is 3.02. The lowest BCUT2D eigenvalue weighted by molar-refractivity contribution is 0.475. The maximum atomic E-state index is 9.53. The molecule has 4 aromatic rings. The number of hydrogen-bond donors (Lipinski definition) is 3. The van der Waals surface area contributed by atoms with Gasteiger partial charge in [0, 0.05) is 22.5 Å². The summed E-state index contributed by atoms with van der Waals surface area (Å²) in [5.41, 5.74) is 2.28. The van der Waals surface area contributed by atoms with E-state index >= 15 is 0 Å². The molecule has 8 heteroatoms. The molecule has 0 atom stereocenters. The van der Waals surface area contributed by atoms with E-state index in [1.165, 1.54) is 0 Å². The minimum absolute atomic E-state index is 0.201. The van der Waals surface area contributed by atoms with Crippen LogP contribution in [0.4, 0.5) is 17.2 Å². The van der Waals surface area contributed by atoms with Crippen LogP contribution in [0.5, 0.6) is 5.75 Å². The lowest BCUT2D eigenvalue weighted by Gasteiger charge is -2.08. The fourth-order valence-electron chi connectivity index (χ4n) is 2.52. The van der Waals surface area contributed by atoms with Gasteiger partial charge in [0.25, 0.3) is 0 Å². The van der Waals surface area contributed by atoms with Gasteiger partial charge in [0.15, 0.2) is 17.3 Å². The number of fused-ring (bicyclic) bond motifs is 1. The van der Waals surface area contributed by atoms with Crippen molar-refractivity contribution in [2.75, 3.05) is 10.6 Å². The summed E-state index contributed by atoms with van der Waals surface area (Å²) in [4.78, 5) is 0. The van der Waals surface area contributed by atoms with E-state index in [2.05, 4.69) is 25.9 Å². The third kappa shape index (κ3) is 3.52. The first-order valence-corrected chi connectivity index (χ1v) is 8.32. The summed E-state index contributed by atoms with van der Waals surface area (Å²) in [5, 5.41) is 29.4. The largest absolute Gasteiger partial charge is 0.508 e. The van der Waals surface area contributed by atoms with Crippen LogP contribution in [0.1, 0.15) is 5.82 Å². The van der Waals surface area contributed by atoms with Gasteiger partial charge in [-0.2, -0.15) is 4.52 Å². The summed E-state index contributed by atoms with van der Waals surface area (Å²) in [6.45, 7) is 0.415. The number of benzene rings is 2. The summed E-state index contributed by atoms with van der Waals surface area (Å²) in [7, 11) is 0. The van der Waals surface area contributed by atoms with Gasteiger partial charge in [-0.25, -0.2) is 0 Å². The molecule has 0 saturated carbocycles. The monoisotopic (exact) mass is 366 g/mol. The van der Waals surface area contributed by atoms with Crippen molar-refractivity contribution in [3.63, 3.8) is 0 Å². The van der Waals surface area contributed by atoms with E-state index < -0.39 is 0 Å². The highest BCUT2D eigenvalue weighted by Crippen LogP contribution is 2.20. The van der Waals surface area contributed by atoms with Gasteiger partial charge in [-0.1, -0.05) is 23.7 Å². The highest BCUT2D eigenvalue weighted by atomic mass is 35.5. The van der Waals surface area contributed by atoms with Gasteiger partial charge in [0.05, 0.1) is 6.54 Å². The number of anilines is 3. The molecule has 0 aliphatic carbocycles. The Morgan fingerprint density at radius 3 is 2.65 bits per heavy atom. The minimum Gasteiger partial charge on any atom is -0.508 e. The second kappa shape index (κ2) is 6.89. The number of nitrogens with zero attached hydrogens (tertiary/aromatic N) is 4. The topological polar surface area (TPSA) is 87.4 Å². The van der Waals surface area contributed by atoms with Gasteiger partial charge >= 0.3 is 0 Å². The SMILES string of the molecule is Oc1cccc(NCc2nnc3ccc(Nc4cccc(Cl)c4)nn23)c1. The molecular weight excluding hydrogens is 352 g/mol. The van der Waals surface area contributed by atoms with Crippen LogP contribution in [0.15, 0.2) is 60.7 Å². The van der Waals surface area contributed by atoms with Crippen LogP contribution in [-0.4, -0.2) is 24.9 Å². The Kier molecular flexibility index (Phi) is 4.28. The van der Waals surface area contributed by atoms with Gasteiger partial charge in [0.1, 0.15) is 5.75 Å². The Bertz CT molecular complexity index is 1060. The van der Waals surface area contributed by atoms with Gasteiger partial charge in [-0.05, 0) is 42.5 Å². The maximum Gasteiger partial charge on any atom is 0.178 e. The third-order valence-corrected chi connectivity index (χ3v) is 3.96. The molecule has 0 bridgehead atoms. The lowest BCUT2D eigenvalue weighted by Crippen LogP contribution is -2.07.